The Balaban J connectivity index is 1.39. The van der Waals surface area contributed by atoms with E-state index >= 15 is 0 Å². The van der Waals surface area contributed by atoms with Crippen LogP contribution in [0.4, 0.5) is 5.69 Å². The minimum absolute atomic E-state index is 0.0163. The number of nitro groups is 1. The third-order valence-corrected chi connectivity index (χ3v) is 6.26. The van der Waals surface area contributed by atoms with Gasteiger partial charge >= 0.3 is 0 Å². The van der Waals surface area contributed by atoms with E-state index in [0.29, 0.717) is 5.56 Å². The summed E-state index contributed by atoms with van der Waals surface area (Å²) in [4.78, 5) is 35.7. The van der Waals surface area contributed by atoms with Gasteiger partial charge in [0, 0.05) is 12.1 Å². The van der Waals surface area contributed by atoms with Gasteiger partial charge in [0.15, 0.2) is 0 Å². The van der Waals surface area contributed by atoms with Crippen molar-refractivity contribution in [1.82, 2.24) is 5.01 Å². The van der Waals surface area contributed by atoms with Gasteiger partial charge in [-0.2, -0.15) is 10.1 Å². The monoisotopic (exact) mass is 337 g/mol. The van der Waals surface area contributed by atoms with Crippen molar-refractivity contribution in [3.05, 3.63) is 52.1 Å². The number of benzene rings is 1. The highest BCUT2D eigenvalue weighted by atomic mass is 16.6. The van der Waals surface area contributed by atoms with Crippen LogP contribution in [0.3, 0.4) is 0 Å². The van der Waals surface area contributed by atoms with Gasteiger partial charge in [0.1, 0.15) is 0 Å². The molecule has 7 nitrogen and oxygen atoms in total. The summed E-state index contributed by atoms with van der Waals surface area (Å²) in [5, 5.41) is 15.8. The first-order chi connectivity index (χ1) is 12.0. The molecule has 0 N–H and O–H groups in total. The van der Waals surface area contributed by atoms with Crippen LogP contribution in [0.25, 0.3) is 0 Å². The molecular weight excluding hydrogens is 322 g/mol. The quantitative estimate of drug-likeness (QED) is 0.278. The molecule has 0 radical (unpaired) electrons. The Morgan fingerprint density at radius 1 is 1.08 bits per heavy atom. The van der Waals surface area contributed by atoms with Crippen molar-refractivity contribution >= 4 is 23.7 Å². The summed E-state index contributed by atoms with van der Waals surface area (Å²) in [6, 6.07) is 5.81. The lowest BCUT2D eigenvalue weighted by molar-refractivity contribution is -0.384. The first kappa shape index (κ1) is 14.5. The average Bonchev–Trinajstić information content (AvgIpc) is 3.20. The van der Waals surface area contributed by atoms with Gasteiger partial charge in [-0.3, -0.25) is 19.7 Å². The summed E-state index contributed by atoms with van der Waals surface area (Å²) in [5.41, 5.74) is 0.759. The molecule has 3 aliphatic carbocycles. The van der Waals surface area contributed by atoms with Crippen molar-refractivity contribution < 1.29 is 14.5 Å². The number of nitrogens with zero attached hydrogens (tertiary/aromatic N) is 3. The van der Waals surface area contributed by atoms with E-state index in [2.05, 4.69) is 17.3 Å². The Hall–Kier alpha value is -2.83. The highest BCUT2D eigenvalue weighted by molar-refractivity contribution is 6.07. The predicted molar refractivity (Wildman–Crippen MR) is 87.3 cm³/mol. The smallest absolute Gasteiger partial charge is 0.269 e. The molecule has 2 bridgehead atoms. The van der Waals surface area contributed by atoms with Crippen molar-refractivity contribution in [2.24, 2.45) is 34.2 Å². The summed E-state index contributed by atoms with van der Waals surface area (Å²) in [6.45, 7) is 0. The lowest BCUT2D eigenvalue weighted by atomic mass is 9.85. The van der Waals surface area contributed by atoms with Crippen LogP contribution in [0.15, 0.2) is 41.5 Å². The Labute approximate surface area is 143 Å². The van der Waals surface area contributed by atoms with E-state index in [1.165, 1.54) is 30.5 Å². The number of fused-ring (bicyclic) bond motifs is 3. The summed E-state index contributed by atoms with van der Waals surface area (Å²) in [7, 11) is 0. The Morgan fingerprint density at radius 3 is 2.12 bits per heavy atom. The summed E-state index contributed by atoms with van der Waals surface area (Å²) in [5.74, 6) is -0.595. The van der Waals surface area contributed by atoms with Crippen molar-refractivity contribution in [1.29, 1.82) is 0 Å². The molecule has 1 aromatic carbocycles. The largest absolute Gasteiger partial charge is 0.272 e. The summed E-state index contributed by atoms with van der Waals surface area (Å²) in [6.07, 6.45) is 7.85. The molecule has 126 valence electrons. The van der Waals surface area contributed by atoms with Gasteiger partial charge in [-0.25, -0.2) is 0 Å². The molecule has 0 unspecified atom stereocenters. The number of amides is 2. The number of rotatable bonds is 3. The fraction of sp³-hybridized carbons (Fsp3) is 0.389. The number of carbonyl (C=O) groups excluding carboxylic acids is 2. The zero-order valence-corrected chi connectivity index (χ0v) is 13.2. The molecule has 1 saturated heterocycles. The zero-order valence-electron chi connectivity index (χ0n) is 13.2. The minimum atomic E-state index is -0.480. The van der Waals surface area contributed by atoms with Gasteiger partial charge in [-0.15, -0.1) is 0 Å². The van der Waals surface area contributed by atoms with Crippen LogP contribution < -0.4 is 0 Å². The second kappa shape index (κ2) is 4.62. The highest BCUT2D eigenvalue weighted by Gasteiger charge is 2.73. The third-order valence-electron chi connectivity index (χ3n) is 6.26. The van der Waals surface area contributed by atoms with Crippen LogP contribution in [-0.2, 0) is 9.59 Å². The molecule has 1 spiro atoms. The summed E-state index contributed by atoms with van der Waals surface area (Å²) >= 11 is 0. The van der Waals surface area contributed by atoms with E-state index < -0.39 is 4.92 Å². The predicted octanol–water partition coefficient (Wildman–Crippen LogP) is 2.13. The number of non-ortho nitro benzene ring substituents is 1. The maximum Gasteiger partial charge on any atom is 0.269 e. The number of hydrogen-bond acceptors (Lipinski definition) is 5. The Morgan fingerprint density at radius 2 is 1.64 bits per heavy atom. The van der Waals surface area contributed by atoms with Crippen molar-refractivity contribution in [2.75, 3.05) is 0 Å². The maximum absolute atomic E-state index is 12.7. The minimum Gasteiger partial charge on any atom is -0.272 e. The van der Waals surface area contributed by atoms with E-state index in [4.69, 9.17) is 0 Å². The van der Waals surface area contributed by atoms with Crippen LogP contribution in [0.2, 0.25) is 0 Å². The van der Waals surface area contributed by atoms with E-state index in [9.17, 15) is 19.7 Å². The normalized spacial score (nSPS) is 33.7. The second-order valence-electron chi connectivity index (χ2n) is 7.30. The molecule has 0 aromatic heterocycles. The molecule has 1 aromatic rings. The van der Waals surface area contributed by atoms with Crippen LogP contribution in [0, 0.1) is 39.2 Å². The maximum atomic E-state index is 12.7. The van der Waals surface area contributed by atoms with Gasteiger partial charge in [0.05, 0.1) is 23.0 Å². The first-order valence-corrected chi connectivity index (χ1v) is 8.37. The standard InChI is InChI=1S/C18H15N3O4/c22-16-14-12-5-6-13(18(12)7-8-18)15(14)17(23)20(16)19-9-10-1-3-11(4-2-10)21(24)25/h1-6,9,12-15H,7-8H2/b19-9-/t12-,13+,14-,15-/m0/s1. The van der Waals surface area contributed by atoms with Crippen molar-refractivity contribution in [3.63, 3.8) is 0 Å². The fourth-order valence-electron chi connectivity index (χ4n) is 4.98. The van der Waals surface area contributed by atoms with Gasteiger partial charge in [0.2, 0.25) is 0 Å². The van der Waals surface area contributed by atoms with E-state index in [-0.39, 0.29) is 46.6 Å². The van der Waals surface area contributed by atoms with Crippen molar-refractivity contribution in [2.45, 2.75) is 12.8 Å². The van der Waals surface area contributed by atoms with Crippen molar-refractivity contribution in [3.8, 4) is 0 Å². The number of carbonyl (C=O) groups is 2. The average molecular weight is 337 g/mol. The molecule has 1 aliphatic heterocycles. The molecule has 7 heteroatoms. The molecule has 4 atom stereocenters. The van der Waals surface area contributed by atoms with Crippen LogP contribution in [0.1, 0.15) is 18.4 Å². The SMILES string of the molecule is O=C1[C@@H]2[C@@H](C(=O)N1/N=C\c1ccc([N+](=O)[O-])cc1)[C@@H]1C=C[C@H]2C12CC2. The van der Waals surface area contributed by atoms with Crippen LogP contribution in [-0.4, -0.2) is 28.0 Å². The zero-order chi connectivity index (χ0) is 17.3. The second-order valence-corrected chi connectivity index (χ2v) is 7.30. The number of imide groups is 1. The topological polar surface area (TPSA) is 92.9 Å². The molecule has 3 fully saturated rings. The molecule has 2 amide bonds. The van der Waals surface area contributed by atoms with Crippen LogP contribution >= 0.6 is 0 Å². The fourth-order valence-corrected chi connectivity index (χ4v) is 4.98. The summed E-state index contributed by atoms with van der Waals surface area (Å²) < 4.78 is 0. The Kier molecular flexibility index (Phi) is 2.68. The number of nitro benzene ring substituents is 1. The number of allylic oxidation sites excluding steroid dienone is 2. The molecule has 1 heterocycles. The highest BCUT2D eigenvalue weighted by Crippen LogP contribution is 2.73. The van der Waals surface area contributed by atoms with Crippen LogP contribution in [0.5, 0.6) is 0 Å². The first-order valence-electron chi connectivity index (χ1n) is 8.37. The van der Waals surface area contributed by atoms with Gasteiger partial charge in [-0.05, 0) is 47.8 Å². The number of hydrogen-bond donors (Lipinski definition) is 0. The van der Waals surface area contributed by atoms with E-state index in [1.54, 1.807) is 0 Å². The number of hydrazone groups is 1. The molecule has 2 saturated carbocycles. The molecule has 4 aliphatic rings. The van der Waals surface area contributed by atoms with E-state index in [0.717, 1.165) is 17.9 Å². The van der Waals surface area contributed by atoms with Gasteiger partial charge in [-0.1, -0.05) is 12.2 Å². The lowest BCUT2D eigenvalue weighted by Crippen LogP contribution is -2.30. The molecule has 5 rings (SSSR count). The molecular formula is C18H15N3O4. The van der Waals surface area contributed by atoms with Gasteiger partial charge < -0.3 is 0 Å². The lowest BCUT2D eigenvalue weighted by Gasteiger charge is -2.18. The Bertz CT molecular complexity index is 835. The van der Waals surface area contributed by atoms with E-state index in [1.807, 2.05) is 0 Å². The third kappa shape index (κ3) is 1.78. The van der Waals surface area contributed by atoms with Gasteiger partial charge in [0.25, 0.3) is 17.5 Å². The molecule has 25 heavy (non-hydrogen) atoms.